The van der Waals surface area contributed by atoms with Gasteiger partial charge >= 0.3 is 0 Å². The first-order chi connectivity index (χ1) is 3.77. The maximum atomic E-state index is 12.9. The van der Waals surface area contributed by atoms with Crippen LogP contribution in [0.15, 0.2) is 0 Å². The van der Waals surface area contributed by atoms with Crippen molar-refractivity contribution in [2.45, 2.75) is 38.3 Å². The van der Waals surface area contributed by atoms with Gasteiger partial charge in [-0.3, -0.25) is 0 Å². The van der Waals surface area contributed by atoms with E-state index in [1.54, 1.807) is 6.42 Å². The smallest absolute Gasteiger partial charge is 0.114 e. The van der Waals surface area contributed by atoms with Gasteiger partial charge < -0.3 is 0 Å². The highest BCUT2D eigenvalue weighted by Gasteiger charge is 2.35. The van der Waals surface area contributed by atoms with Gasteiger partial charge in [-0.1, -0.05) is 6.92 Å². The topological polar surface area (TPSA) is 0 Å². The molecule has 0 atom stereocenters. The molecule has 0 unspecified atom stereocenters. The first-order valence-corrected chi connectivity index (χ1v) is 3.30. The fraction of sp³-hybridized carbons (Fsp3) is 0.857. The minimum atomic E-state index is -0.852. The fourth-order valence-electron chi connectivity index (χ4n) is 1.08. The lowest BCUT2D eigenvalue weighted by atomic mass is 9.79. The van der Waals surface area contributed by atoms with Crippen LogP contribution in [0.25, 0.3) is 0 Å². The van der Waals surface area contributed by atoms with Crippen LogP contribution in [0.1, 0.15) is 32.6 Å². The second kappa shape index (κ2) is 2.04. The van der Waals surface area contributed by atoms with Crippen molar-refractivity contribution in [3.05, 3.63) is 6.42 Å². The predicted octanol–water partition coefficient (Wildman–Crippen LogP) is 2.49. The van der Waals surface area contributed by atoms with Crippen LogP contribution in [0.2, 0.25) is 0 Å². The summed E-state index contributed by atoms with van der Waals surface area (Å²) in [6.07, 6.45) is 5.27. The predicted molar refractivity (Wildman–Crippen MR) is 32.3 cm³/mol. The molecular weight excluding hydrogens is 103 g/mol. The summed E-state index contributed by atoms with van der Waals surface area (Å²) < 4.78 is 12.9. The number of rotatable bonds is 2. The van der Waals surface area contributed by atoms with Crippen molar-refractivity contribution in [1.82, 2.24) is 0 Å². The van der Waals surface area contributed by atoms with Crippen LogP contribution in [0.4, 0.5) is 4.39 Å². The molecule has 0 heterocycles. The molecule has 0 N–H and O–H groups in total. The molecule has 1 aliphatic rings. The lowest BCUT2D eigenvalue weighted by Gasteiger charge is -2.32. The summed E-state index contributed by atoms with van der Waals surface area (Å²) in [6, 6.07) is 0. The molecule has 1 radical (unpaired) electrons. The number of halogens is 1. The second-order valence-corrected chi connectivity index (χ2v) is 2.50. The zero-order valence-electron chi connectivity index (χ0n) is 5.28. The summed E-state index contributed by atoms with van der Waals surface area (Å²) in [6.45, 7) is 1.99. The first-order valence-electron chi connectivity index (χ1n) is 3.30. The minimum absolute atomic E-state index is 0.765. The van der Waals surface area contributed by atoms with Gasteiger partial charge in [-0.25, -0.2) is 4.39 Å². The molecule has 0 spiro atoms. The van der Waals surface area contributed by atoms with Gasteiger partial charge in [0.25, 0.3) is 0 Å². The van der Waals surface area contributed by atoms with E-state index in [1.165, 1.54) is 0 Å². The molecule has 1 fully saturated rings. The van der Waals surface area contributed by atoms with Crippen molar-refractivity contribution in [3.63, 3.8) is 0 Å². The molecule has 8 heavy (non-hydrogen) atoms. The van der Waals surface area contributed by atoms with Gasteiger partial charge in [-0.05, 0) is 32.1 Å². The highest BCUT2D eigenvalue weighted by atomic mass is 19.1. The summed E-state index contributed by atoms with van der Waals surface area (Å²) in [5.41, 5.74) is -0.852. The number of hydrogen-bond acceptors (Lipinski definition) is 0. The average Bonchev–Trinajstić information content (AvgIpc) is 1.64. The molecule has 1 aliphatic carbocycles. The maximum Gasteiger partial charge on any atom is 0.114 e. The van der Waals surface area contributed by atoms with E-state index in [4.69, 9.17) is 0 Å². The van der Waals surface area contributed by atoms with Gasteiger partial charge in [0, 0.05) is 0 Å². The molecule has 0 saturated heterocycles. The van der Waals surface area contributed by atoms with E-state index in [2.05, 4.69) is 0 Å². The third-order valence-electron chi connectivity index (χ3n) is 1.75. The largest absolute Gasteiger partial charge is 0.244 e. The molecule has 0 aromatic rings. The Morgan fingerprint density at radius 2 is 2.25 bits per heavy atom. The van der Waals surface area contributed by atoms with Crippen molar-refractivity contribution in [3.8, 4) is 0 Å². The maximum absolute atomic E-state index is 12.9. The Kier molecular flexibility index (Phi) is 1.54. The van der Waals surface area contributed by atoms with E-state index < -0.39 is 5.67 Å². The quantitative estimate of drug-likeness (QED) is 0.518. The summed E-state index contributed by atoms with van der Waals surface area (Å²) in [5.74, 6) is 0. The van der Waals surface area contributed by atoms with Gasteiger partial charge in [-0.2, -0.15) is 0 Å². The van der Waals surface area contributed by atoms with Crippen molar-refractivity contribution >= 4 is 0 Å². The lowest BCUT2D eigenvalue weighted by Crippen LogP contribution is -2.31. The Morgan fingerprint density at radius 1 is 1.62 bits per heavy atom. The SMILES string of the molecule is CC[CH]C1(F)CCC1. The molecule has 0 aromatic heterocycles. The standard InChI is InChI=1S/C7H12F/c1-2-4-7(8)5-3-6-7/h4H,2-3,5-6H2,1H3. The summed E-state index contributed by atoms with van der Waals surface area (Å²) in [7, 11) is 0. The van der Waals surface area contributed by atoms with Crippen LogP contribution in [0.3, 0.4) is 0 Å². The molecule has 1 saturated carbocycles. The Morgan fingerprint density at radius 3 is 2.38 bits per heavy atom. The third-order valence-corrected chi connectivity index (χ3v) is 1.75. The molecule has 0 bridgehead atoms. The minimum Gasteiger partial charge on any atom is -0.244 e. The molecule has 0 amide bonds. The van der Waals surface area contributed by atoms with Crippen LogP contribution >= 0.6 is 0 Å². The highest BCUT2D eigenvalue weighted by molar-refractivity contribution is 4.98. The van der Waals surface area contributed by atoms with Crippen LogP contribution in [-0.4, -0.2) is 5.67 Å². The first kappa shape index (κ1) is 6.06. The summed E-state index contributed by atoms with van der Waals surface area (Å²) >= 11 is 0. The van der Waals surface area contributed by atoms with Gasteiger partial charge in [0.1, 0.15) is 5.67 Å². The van der Waals surface area contributed by atoms with E-state index in [0.29, 0.717) is 0 Å². The third kappa shape index (κ3) is 1.01. The number of alkyl halides is 1. The number of hydrogen-bond donors (Lipinski definition) is 0. The lowest BCUT2D eigenvalue weighted by molar-refractivity contribution is 0.0973. The van der Waals surface area contributed by atoms with Crippen molar-refractivity contribution in [2.75, 3.05) is 0 Å². The van der Waals surface area contributed by atoms with Crippen molar-refractivity contribution in [1.29, 1.82) is 0 Å². The van der Waals surface area contributed by atoms with E-state index in [9.17, 15) is 4.39 Å². The van der Waals surface area contributed by atoms with E-state index in [-0.39, 0.29) is 0 Å². The normalized spacial score (nSPS) is 24.8. The van der Waals surface area contributed by atoms with Gasteiger partial charge in [-0.15, -0.1) is 0 Å². The van der Waals surface area contributed by atoms with Gasteiger partial charge in [0.2, 0.25) is 0 Å². The van der Waals surface area contributed by atoms with Crippen LogP contribution in [0, 0.1) is 6.42 Å². The molecule has 0 aliphatic heterocycles. The molecule has 47 valence electrons. The van der Waals surface area contributed by atoms with Crippen molar-refractivity contribution in [2.24, 2.45) is 0 Å². The van der Waals surface area contributed by atoms with E-state index >= 15 is 0 Å². The van der Waals surface area contributed by atoms with Crippen molar-refractivity contribution < 1.29 is 4.39 Å². The molecular formula is C7H12F. The fourth-order valence-corrected chi connectivity index (χ4v) is 1.08. The molecule has 0 aromatic carbocycles. The van der Waals surface area contributed by atoms with Crippen LogP contribution in [0.5, 0.6) is 0 Å². The Balaban J connectivity index is 2.20. The van der Waals surface area contributed by atoms with Gasteiger partial charge in [0.15, 0.2) is 0 Å². The van der Waals surface area contributed by atoms with Crippen LogP contribution in [-0.2, 0) is 0 Å². The average molecular weight is 115 g/mol. The van der Waals surface area contributed by atoms with Gasteiger partial charge in [0.05, 0.1) is 0 Å². The van der Waals surface area contributed by atoms with E-state index in [0.717, 1.165) is 25.7 Å². The zero-order chi connectivity index (χ0) is 6.04. The molecule has 1 heteroatoms. The zero-order valence-corrected chi connectivity index (χ0v) is 5.28. The summed E-state index contributed by atoms with van der Waals surface area (Å²) in [5, 5.41) is 0. The summed E-state index contributed by atoms with van der Waals surface area (Å²) in [4.78, 5) is 0. The molecule has 1 rings (SSSR count). The Bertz CT molecular complexity index is 74.5. The second-order valence-electron chi connectivity index (χ2n) is 2.50. The Hall–Kier alpha value is -0.0700. The molecule has 0 nitrogen and oxygen atoms in total. The van der Waals surface area contributed by atoms with Crippen LogP contribution < -0.4 is 0 Å². The Labute approximate surface area is 50.1 Å². The van der Waals surface area contributed by atoms with E-state index in [1.807, 2.05) is 6.92 Å². The monoisotopic (exact) mass is 115 g/mol. The highest BCUT2D eigenvalue weighted by Crippen LogP contribution is 2.38.